The van der Waals surface area contributed by atoms with Gasteiger partial charge in [-0.1, -0.05) is 6.07 Å². The first-order valence-corrected chi connectivity index (χ1v) is 12.8. The molecule has 0 radical (unpaired) electrons. The number of urea groups is 1. The van der Waals surface area contributed by atoms with Gasteiger partial charge in [-0.3, -0.25) is 4.79 Å². The van der Waals surface area contributed by atoms with Crippen molar-refractivity contribution in [3.05, 3.63) is 59.8 Å². The molecule has 3 N–H and O–H groups in total. The van der Waals surface area contributed by atoms with Crippen molar-refractivity contribution in [2.24, 2.45) is 0 Å². The van der Waals surface area contributed by atoms with Crippen LogP contribution in [0.2, 0.25) is 0 Å². The van der Waals surface area contributed by atoms with E-state index in [-0.39, 0.29) is 5.78 Å². The number of ketones is 1. The highest BCUT2D eigenvalue weighted by atomic mass is 32.2. The van der Waals surface area contributed by atoms with Crippen LogP contribution >= 0.6 is 0 Å². The largest absolute Gasteiger partial charge is 0.378 e. The van der Waals surface area contributed by atoms with Crippen LogP contribution < -0.4 is 20.3 Å². The van der Waals surface area contributed by atoms with E-state index in [1.54, 1.807) is 18.2 Å². The Morgan fingerprint density at radius 1 is 1.00 bits per heavy atom. The Labute approximate surface area is 204 Å². The molecule has 0 unspecified atom stereocenters. The minimum absolute atomic E-state index is 0.221. The lowest BCUT2D eigenvalue weighted by molar-refractivity contribution is 0.104. The SMILES string of the molecule is O=C(Nc1ccc(C(=O)/C=C/c2cccc(N3CCOCC3)n2)cc1)NS(=O)(=O)N1CCNCC1. The molecule has 2 amide bonds. The molecule has 35 heavy (non-hydrogen) atoms. The molecule has 0 atom stereocenters. The Morgan fingerprint density at radius 2 is 1.71 bits per heavy atom. The van der Waals surface area contributed by atoms with Crippen molar-refractivity contribution in [3.63, 3.8) is 0 Å². The summed E-state index contributed by atoms with van der Waals surface area (Å²) in [6.45, 7) is 4.53. The van der Waals surface area contributed by atoms with Crippen LogP contribution in [0.15, 0.2) is 48.5 Å². The first kappa shape index (κ1) is 24.8. The zero-order chi connectivity index (χ0) is 24.7. The molecule has 2 saturated heterocycles. The quantitative estimate of drug-likeness (QED) is 0.380. The number of ether oxygens (including phenoxy) is 1. The molecule has 2 aliphatic heterocycles. The molecule has 186 valence electrons. The van der Waals surface area contributed by atoms with Gasteiger partial charge in [0.05, 0.1) is 18.9 Å². The first-order chi connectivity index (χ1) is 16.9. The highest BCUT2D eigenvalue weighted by Crippen LogP contribution is 2.15. The van der Waals surface area contributed by atoms with Crippen LogP contribution in [-0.2, 0) is 14.9 Å². The van der Waals surface area contributed by atoms with Gasteiger partial charge in [0.25, 0.3) is 0 Å². The summed E-state index contributed by atoms with van der Waals surface area (Å²) in [6.07, 6.45) is 3.10. The summed E-state index contributed by atoms with van der Waals surface area (Å²) in [4.78, 5) is 31.5. The number of carbonyl (C=O) groups excluding carboxylic acids is 2. The number of amides is 2. The lowest BCUT2D eigenvalue weighted by atomic mass is 10.1. The maximum atomic E-state index is 12.6. The van der Waals surface area contributed by atoms with Gasteiger partial charge < -0.3 is 20.3 Å². The predicted octanol–water partition coefficient (Wildman–Crippen LogP) is 1.09. The molecule has 0 spiro atoms. The lowest BCUT2D eigenvalue weighted by Gasteiger charge is -2.27. The van der Waals surface area contributed by atoms with E-state index in [1.165, 1.54) is 22.5 Å². The predicted molar refractivity (Wildman–Crippen MR) is 133 cm³/mol. The number of benzene rings is 1. The maximum absolute atomic E-state index is 12.6. The average molecular weight is 501 g/mol. The number of nitrogens with one attached hydrogen (secondary N) is 3. The molecule has 0 aliphatic carbocycles. The van der Waals surface area contributed by atoms with Crippen LogP contribution in [0.4, 0.5) is 16.3 Å². The van der Waals surface area contributed by atoms with Crippen LogP contribution in [0.1, 0.15) is 16.1 Å². The van der Waals surface area contributed by atoms with Crippen molar-refractivity contribution in [1.29, 1.82) is 0 Å². The number of hydrogen-bond acceptors (Lipinski definition) is 8. The second kappa shape index (κ2) is 11.4. The normalized spacial score (nSPS) is 17.3. The van der Waals surface area contributed by atoms with Gasteiger partial charge in [0.2, 0.25) is 0 Å². The smallest absolute Gasteiger partial charge is 0.333 e. The summed E-state index contributed by atoms with van der Waals surface area (Å²) < 4.78 is 33.2. The number of anilines is 2. The van der Waals surface area contributed by atoms with Gasteiger partial charge in [0.1, 0.15) is 5.82 Å². The summed E-state index contributed by atoms with van der Waals surface area (Å²) in [6, 6.07) is 11.0. The number of rotatable bonds is 7. The van der Waals surface area contributed by atoms with Crippen molar-refractivity contribution in [2.75, 3.05) is 62.7 Å². The molecule has 1 aromatic heterocycles. The van der Waals surface area contributed by atoms with Gasteiger partial charge in [-0.25, -0.2) is 14.5 Å². The highest BCUT2D eigenvalue weighted by Gasteiger charge is 2.25. The van der Waals surface area contributed by atoms with E-state index < -0.39 is 16.2 Å². The third kappa shape index (κ3) is 6.85. The van der Waals surface area contributed by atoms with Crippen molar-refractivity contribution < 1.29 is 22.7 Å². The summed E-state index contributed by atoms with van der Waals surface area (Å²) >= 11 is 0. The van der Waals surface area contributed by atoms with Crippen LogP contribution in [-0.4, -0.2) is 82.0 Å². The van der Waals surface area contributed by atoms with Crippen LogP contribution in [0.25, 0.3) is 6.08 Å². The number of aromatic nitrogens is 1. The minimum Gasteiger partial charge on any atom is -0.378 e. The summed E-state index contributed by atoms with van der Waals surface area (Å²) in [5.41, 5.74) is 1.45. The Bertz CT molecular complexity index is 1170. The number of pyridine rings is 1. The monoisotopic (exact) mass is 500 g/mol. The van der Waals surface area contributed by atoms with Crippen LogP contribution in [0.5, 0.6) is 0 Å². The molecule has 4 rings (SSSR count). The van der Waals surface area contributed by atoms with Crippen molar-refractivity contribution in [2.45, 2.75) is 0 Å². The Hall–Kier alpha value is -3.32. The maximum Gasteiger partial charge on any atom is 0.333 e. The Kier molecular flexibility index (Phi) is 8.08. The number of morpholine rings is 1. The van der Waals surface area contributed by atoms with E-state index in [2.05, 4.69) is 20.5 Å². The fourth-order valence-electron chi connectivity index (χ4n) is 3.70. The second-order valence-corrected chi connectivity index (χ2v) is 9.68. The van der Waals surface area contributed by atoms with Gasteiger partial charge in [0.15, 0.2) is 5.78 Å². The summed E-state index contributed by atoms with van der Waals surface area (Å²) in [5, 5.41) is 5.53. The molecular formula is C23H28N6O5S. The molecule has 11 nitrogen and oxygen atoms in total. The van der Waals surface area contributed by atoms with Crippen molar-refractivity contribution in [3.8, 4) is 0 Å². The van der Waals surface area contributed by atoms with E-state index in [0.29, 0.717) is 56.3 Å². The van der Waals surface area contributed by atoms with Gasteiger partial charge >= 0.3 is 16.2 Å². The van der Waals surface area contributed by atoms with E-state index in [0.717, 1.165) is 18.9 Å². The van der Waals surface area contributed by atoms with Crippen molar-refractivity contribution >= 4 is 39.6 Å². The number of hydrogen-bond donors (Lipinski definition) is 3. The molecular weight excluding hydrogens is 472 g/mol. The average Bonchev–Trinajstić information content (AvgIpc) is 2.88. The zero-order valence-corrected chi connectivity index (χ0v) is 20.0. The van der Waals surface area contributed by atoms with Gasteiger partial charge in [-0.2, -0.15) is 12.7 Å². The van der Waals surface area contributed by atoms with Crippen LogP contribution in [0, 0.1) is 0 Å². The number of carbonyl (C=O) groups is 2. The van der Waals surface area contributed by atoms with Gasteiger partial charge in [-0.15, -0.1) is 0 Å². The Balaban J connectivity index is 1.32. The van der Waals surface area contributed by atoms with Gasteiger partial charge in [-0.05, 0) is 48.6 Å². The third-order valence-electron chi connectivity index (χ3n) is 5.56. The van der Waals surface area contributed by atoms with Crippen molar-refractivity contribution in [1.82, 2.24) is 19.3 Å². The highest BCUT2D eigenvalue weighted by molar-refractivity contribution is 7.87. The lowest BCUT2D eigenvalue weighted by Crippen LogP contribution is -2.52. The van der Waals surface area contributed by atoms with E-state index in [9.17, 15) is 18.0 Å². The topological polar surface area (TPSA) is 133 Å². The fraction of sp³-hybridized carbons (Fsp3) is 0.348. The molecule has 0 bridgehead atoms. The Morgan fingerprint density at radius 3 is 2.43 bits per heavy atom. The molecule has 2 aromatic rings. The molecule has 1 aromatic carbocycles. The van der Waals surface area contributed by atoms with E-state index >= 15 is 0 Å². The molecule has 2 aliphatic rings. The third-order valence-corrected chi connectivity index (χ3v) is 7.05. The summed E-state index contributed by atoms with van der Waals surface area (Å²) in [5.74, 6) is 0.622. The molecule has 12 heteroatoms. The van der Waals surface area contributed by atoms with E-state index in [4.69, 9.17) is 4.74 Å². The molecule has 0 saturated carbocycles. The standard InChI is InChI=1S/C23H28N6O5S/c30-21(9-8-19-2-1-3-22(25-19)28-14-16-34-17-15-28)18-4-6-20(7-5-18)26-23(31)27-35(32,33)29-12-10-24-11-13-29/h1-9,24H,10-17H2,(H2,26,27,31)/b9-8+. The first-order valence-electron chi connectivity index (χ1n) is 11.3. The fourth-order valence-corrected chi connectivity index (χ4v) is 4.78. The molecule has 2 fully saturated rings. The second-order valence-electron chi connectivity index (χ2n) is 8.01. The van der Waals surface area contributed by atoms with Crippen LogP contribution in [0.3, 0.4) is 0 Å². The summed E-state index contributed by atoms with van der Waals surface area (Å²) in [7, 11) is -3.92. The van der Waals surface area contributed by atoms with E-state index in [1.807, 2.05) is 22.9 Å². The zero-order valence-electron chi connectivity index (χ0n) is 19.1. The minimum atomic E-state index is -3.92. The molecule has 3 heterocycles. The number of allylic oxidation sites excluding steroid dienone is 1. The number of nitrogens with zero attached hydrogens (tertiary/aromatic N) is 3. The number of piperazine rings is 1. The van der Waals surface area contributed by atoms with Gasteiger partial charge in [0, 0.05) is 50.5 Å².